The molecule has 29 heavy (non-hydrogen) atoms. The second kappa shape index (κ2) is 8.34. The lowest BCUT2D eigenvalue weighted by molar-refractivity contribution is -0.137. The molecule has 3 rings (SSSR count). The van der Waals surface area contributed by atoms with Gasteiger partial charge in [0.25, 0.3) is 0 Å². The molecule has 0 aliphatic rings. The molecular weight excluding hydrogens is 383 g/mol. The first kappa shape index (κ1) is 20.4. The number of alkyl halides is 3. The quantitative estimate of drug-likeness (QED) is 0.551. The summed E-state index contributed by atoms with van der Waals surface area (Å²) in [6, 6.07) is 14.5. The largest absolute Gasteiger partial charge is 0.486 e. The monoisotopic (exact) mass is 401 g/mol. The van der Waals surface area contributed by atoms with E-state index in [1.165, 1.54) is 24.3 Å². The second-order valence-electron chi connectivity index (χ2n) is 6.40. The molecule has 0 saturated heterocycles. The fraction of sp³-hybridized carbons (Fsp3) is 0.182. The summed E-state index contributed by atoms with van der Waals surface area (Å²) in [6.45, 7) is 1.94. The number of benzene rings is 2. The van der Waals surface area contributed by atoms with Gasteiger partial charge >= 0.3 is 12.1 Å². The molecule has 4 nitrogen and oxygen atoms in total. The predicted molar refractivity (Wildman–Crippen MR) is 102 cm³/mol. The molecule has 0 bridgehead atoms. The first-order valence-corrected chi connectivity index (χ1v) is 8.91. The standard InChI is InChI=1S/C22H18F3NO3/c1-2-20(29-18-10-5-15(6-11-18)21(27)28)16-7-12-19(26-13-16)14-3-8-17(9-4-14)22(23,24)25/h3-13,20H,2H2,1H3,(H,27,28)/t20-/m1/s1. The van der Waals surface area contributed by atoms with E-state index in [0.29, 0.717) is 23.4 Å². The van der Waals surface area contributed by atoms with Crippen LogP contribution in [-0.2, 0) is 6.18 Å². The molecule has 1 N–H and O–H groups in total. The smallest absolute Gasteiger partial charge is 0.416 e. The summed E-state index contributed by atoms with van der Waals surface area (Å²) in [5, 5.41) is 8.95. The third kappa shape index (κ3) is 4.93. The number of rotatable bonds is 6. The van der Waals surface area contributed by atoms with Gasteiger partial charge in [0.15, 0.2) is 0 Å². The van der Waals surface area contributed by atoms with E-state index in [1.807, 2.05) is 13.0 Å². The van der Waals surface area contributed by atoms with E-state index in [9.17, 15) is 18.0 Å². The second-order valence-corrected chi connectivity index (χ2v) is 6.40. The minimum Gasteiger partial charge on any atom is -0.486 e. The Morgan fingerprint density at radius 1 is 1.03 bits per heavy atom. The van der Waals surface area contributed by atoms with Crippen LogP contribution in [0.4, 0.5) is 13.2 Å². The topological polar surface area (TPSA) is 59.4 Å². The van der Waals surface area contributed by atoms with E-state index in [4.69, 9.17) is 9.84 Å². The molecule has 0 fully saturated rings. The Balaban J connectivity index is 1.74. The zero-order valence-corrected chi connectivity index (χ0v) is 15.5. The molecule has 0 radical (unpaired) electrons. The number of hydrogen-bond donors (Lipinski definition) is 1. The highest BCUT2D eigenvalue weighted by Crippen LogP contribution is 2.31. The van der Waals surface area contributed by atoms with Crippen LogP contribution in [0.25, 0.3) is 11.3 Å². The van der Waals surface area contributed by atoms with E-state index in [2.05, 4.69) is 4.98 Å². The Kier molecular flexibility index (Phi) is 5.87. The third-order valence-corrected chi connectivity index (χ3v) is 4.42. The van der Waals surface area contributed by atoms with Crippen LogP contribution < -0.4 is 4.74 Å². The minimum absolute atomic E-state index is 0.174. The van der Waals surface area contributed by atoms with Crippen molar-refractivity contribution in [2.24, 2.45) is 0 Å². The number of ether oxygens (including phenoxy) is 1. The first-order valence-electron chi connectivity index (χ1n) is 8.91. The highest BCUT2D eigenvalue weighted by molar-refractivity contribution is 5.87. The van der Waals surface area contributed by atoms with E-state index in [-0.39, 0.29) is 11.7 Å². The fourth-order valence-electron chi connectivity index (χ4n) is 2.82. The van der Waals surface area contributed by atoms with Gasteiger partial charge in [0, 0.05) is 17.3 Å². The molecule has 0 amide bonds. The summed E-state index contributed by atoms with van der Waals surface area (Å²) in [7, 11) is 0. The van der Waals surface area contributed by atoms with Crippen molar-refractivity contribution in [1.29, 1.82) is 0 Å². The van der Waals surface area contributed by atoms with Crippen molar-refractivity contribution < 1.29 is 27.8 Å². The number of carbonyl (C=O) groups is 1. The maximum atomic E-state index is 12.7. The van der Waals surface area contributed by atoms with Crippen molar-refractivity contribution in [2.75, 3.05) is 0 Å². The van der Waals surface area contributed by atoms with Crippen LogP contribution in [0.3, 0.4) is 0 Å². The van der Waals surface area contributed by atoms with E-state index in [1.54, 1.807) is 24.4 Å². The van der Waals surface area contributed by atoms with Crippen LogP contribution in [-0.4, -0.2) is 16.1 Å². The number of aromatic carboxylic acids is 1. The van der Waals surface area contributed by atoms with E-state index in [0.717, 1.165) is 17.7 Å². The van der Waals surface area contributed by atoms with Gasteiger partial charge in [-0.2, -0.15) is 13.2 Å². The fourth-order valence-corrected chi connectivity index (χ4v) is 2.82. The molecule has 3 aromatic rings. The highest BCUT2D eigenvalue weighted by Gasteiger charge is 2.30. The number of hydrogen-bond acceptors (Lipinski definition) is 3. The summed E-state index contributed by atoms with van der Waals surface area (Å²) in [6.07, 6.45) is -2.38. The zero-order valence-electron chi connectivity index (χ0n) is 15.5. The van der Waals surface area contributed by atoms with E-state index < -0.39 is 17.7 Å². The van der Waals surface area contributed by atoms with Gasteiger partial charge in [-0.3, -0.25) is 4.98 Å². The molecule has 0 saturated carbocycles. The van der Waals surface area contributed by atoms with Gasteiger partial charge in [-0.15, -0.1) is 0 Å². The van der Waals surface area contributed by atoms with Gasteiger partial charge in [0.2, 0.25) is 0 Å². The molecule has 7 heteroatoms. The number of aromatic nitrogens is 1. The maximum absolute atomic E-state index is 12.7. The summed E-state index contributed by atoms with van der Waals surface area (Å²) < 4.78 is 44.0. The Morgan fingerprint density at radius 2 is 1.69 bits per heavy atom. The van der Waals surface area contributed by atoms with Crippen molar-refractivity contribution in [3.8, 4) is 17.0 Å². The Hall–Kier alpha value is -3.35. The normalized spacial score (nSPS) is 12.4. The van der Waals surface area contributed by atoms with Crippen molar-refractivity contribution in [3.05, 3.63) is 83.6 Å². The Labute approximate surface area is 165 Å². The van der Waals surface area contributed by atoms with Gasteiger partial charge in [0.1, 0.15) is 11.9 Å². The van der Waals surface area contributed by atoms with Gasteiger partial charge in [-0.25, -0.2) is 4.79 Å². The molecule has 1 atom stereocenters. The average Bonchev–Trinajstić information content (AvgIpc) is 2.72. The van der Waals surface area contributed by atoms with Gasteiger partial charge in [-0.1, -0.05) is 25.1 Å². The number of carboxylic acid groups (broad SMARTS) is 1. The van der Waals surface area contributed by atoms with Gasteiger partial charge in [0.05, 0.1) is 16.8 Å². The molecular formula is C22H18F3NO3. The van der Waals surface area contributed by atoms with Crippen LogP contribution in [0.1, 0.15) is 40.9 Å². The van der Waals surface area contributed by atoms with Gasteiger partial charge < -0.3 is 9.84 Å². The van der Waals surface area contributed by atoms with Gasteiger partial charge in [-0.05, 0) is 48.9 Å². The predicted octanol–water partition coefficient (Wildman–Crippen LogP) is 6.00. The summed E-state index contributed by atoms with van der Waals surface area (Å²) in [4.78, 5) is 15.3. The maximum Gasteiger partial charge on any atom is 0.416 e. The lowest BCUT2D eigenvalue weighted by atomic mass is 10.1. The summed E-state index contributed by atoms with van der Waals surface area (Å²) in [5.41, 5.74) is 1.43. The SMILES string of the molecule is CC[C@@H](Oc1ccc(C(=O)O)cc1)c1ccc(-c2ccc(C(F)(F)F)cc2)nc1. The van der Waals surface area contributed by atoms with Crippen molar-refractivity contribution in [2.45, 2.75) is 25.6 Å². The van der Waals surface area contributed by atoms with Crippen molar-refractivity contribution in [1.82, 2.24) is 4.98 Å². The number of nitrogens with zero attached hydrogens (tertiary/aromatic N) is 1. The minimum atomic E-state index is -4.37. The molecule has 1 aromatic heterocycles. The lowest BCUT2D eigenvalue weighted by Gasteiger charge is -2.18. The Morgan fingerprint density at radius 3 is 2.17 bits per heavy atom. The van der Waals surface area contributed by atoms with Crippen LogP contribution >= 0.6 is 0 Å². The summed E-state index contributed by atoms with van der Waals surface area (Å²) in [5.74, 6) is -0.472. The van der Waals surface area contributed by atoms with Crippen LogP contribution in [0.15, 0.2) is 66.9 Å². The van der Waals surface area contributed by atoms with Crippen LogP contribution in [0, 0.1) is 0 Å². The molecule has 0 unspecified atom stereocenters. The lowest BCUT2D eigenvalue weighted by Crippen LogP contribution is -2.07. The van der Waals surface area contributed by atoms with Crippen molar-refractivity contribution in [3.63, 3.8) is 0 Å². The molecule has 1 heterocycles. The van der Waals surface area contributed by atoms with Crippen molar-refractivity contribution >= 4 is 5.97 Å². The zero-order chi connectivity index (χ0) is 21.0. The van der Waals surface area contributed by atoms with Crippen LogP contribution in [0.2, 0.25) is 0 Å². The van der Waals surface area contributed by atoms with Crippen LogP contribution in [0.5, 0.6) is 5.75 Å². The highest BCUT2D eigenvalue weighted by atomic mass is 19.4. The van der Waals surface area contributed by atoms with E-state index >= 15 is 0 Å². The number of carboxylic acids is 1. The summed E-state index contributed by atoms with van der Waals surface area (Å²) >= 11 is 0. The average molecular weight is 401 g/mol. The molecule has 0 spiro atoms. The molecule has 150 valence electrons. The first-order chi connectivity index (χ1) is 13.8. The molecule has 0 aliphatic heterocycles. The number of pyridine rings is 1. The third-order valence-electron chi connectivity index (χ3n) is 4.42. The molecule has 2 aromatic carbocycles. The Bertz CT molecular complexity index is 966. The number of halogens is 3. The molecule has 0 aliphatic carbocycles.